The molecule has 0 fully saturated rings. The van der Waals surface area contributed by atoms with Gasteiger partial charge in [-0.25, -0.2) is 9.37 Å². The average Bonchev–Trinajstić information content (AvgIpc) is 3.07. The molecular formula is C19H18FN4OS+. The standard InChI is InChI=1S/C19H17FN4OS/c1-23(2)10-11-24(18(25)14-8-6-13(12-21)7-9-14)19-22-17-15(20)4-3-5-16(17)26-19/h3-9H,10-11H2,1-2H3/p+1. The van der Waals surface area contributed by atoms with Crippen molar-refractivity contribution >= 4 is 32.6 Å². The van der Waals surface area contributed by atoms with Gasteiger partial charge in [0.05, 0.1) is 43.5 Å². The lowest BCUT2D eigenvalue weighted by Crippen LogP contribution is -3.06. The molecule has 1 aromatic heterocycles. The number of benzene rings is 2. The number of thiazole rings is 1. The van der Waals surface area contributed by atoms with Crippen LogP contribution in [0.4, 0.5) is 9.52 Å². The molecule has 0 bridgehead atoms. The van der Waals surface area contributed by atoms with Gasteiger partial charge < -0.3 is 4.90 Å². The highest BCUT2D eigenvalue weighted by atomic mass is 32.1. The third kappa shape index (κ3) is 3.72. The summed E-state index contributed by atoms with van der Waals surface area (Å²) in [5.74, 6) is -0.607. The number of fused-ring (bicyclic) bond motifs is 1. The highest BCUT2D eigenvalue weighted by Gasteiger charge is 2.22. The van der Waals surface area contributed by atoms with E-state index in [0.29, 0.717) is 27.5 Å². The van der Waals surface area contributed by atoms with E-state index in [0.717, 1.165) is 6.54 Å². The molecule has 0 aliphatic carbocycles. The lowest BCUT2D eigenvalue weighted by molar-refractivity contribution is -0.856. The van der Waals surface area contributed by atoms with Gasteiger partial charge in [0.2, 0.25) is 0 Å². The predicted molar refractivity (Wildman–Crippen MR) is 100 cm³/mol. The van der Waals surface area contributed by atoms with E-state index in [2.05, 4.69) is 4.98 Å². The number of nitriles is 1. The fraction of sp³-hybridized carbons (Fsp3) is 0.211. The van der Waals surface area contributed by atoms with Crippen LogP contribution in [0.15, 0.2) is 42.5 Å². The topological polar surface area (TPSA) is 61.4 Å². The molecule has 26 heavy (non-hydrogen) atoms. The second kappa shape index (κ2) is 7.60. The highest BCUT2D eigenvalue weighted by molar-refractivity contribution is 7.22. The molecule has 3 aromatic rings. The molecule has 0 unspecified atom stereocenters. The lowest BCUT2D eigenvalue weighted by Gasteiger charge is -2.20. The normalized spacial score (nSPS) is 10.9. The summed E-state index contributed by atoms with van der Waals surface area (Å²) in [4.78, 5) is 20.2. The first-order valence-electron chi connectivity index (χ1n) is 8.15. The summed E-state index contributed by atoms with van der Waals surface area (Å²) in [5, 5.41) is 9.39. The van der Waals surface area contributed by atoms with Gasteiger partial charge in [-0.1, -0.05) is 17.4 Å². The summed E-state index contributed by atoms with van der Waals surface area (Å²) < 4.78 is 14.7. The first kappa shape index (κ1) is 18.0. The summed E-state index contributed by atoms with van der Waals surface area (Å²) in [6, 6.07) is 13.3. The van der Waals surface area contributed by atoms with E-state index in [4.69, 9.17) is 5.26 Å². The SMILES string of the molecule is C[NH+](C)CCN(C(=O)c1ccc(C#N)cc1)c1nc2c(F)cccc2s1. The zero-order chi connectivity index (χ0) is 18.7. The number of nitrogens with one attached hydrogen (secondary N) is 1. The van der Waals surface area contributed by atoms with Crippen molar-refractivity contribution in [1.29, 1.82) is 5.26 Å². The van der Waals surface area contributed by atoms with Crippen molar-refractivity contribution in [3.05, 3.63) is 59.4 Å². The van der Waals surface area contributed by atoms with E-state index in [9.17, 15) is 9.18 Å². The Kier molecular flexibility index (Phi) is 5.26. The Morgan fingerprint density at radius 1 is 1.27 bits per heavy atom. The molecule has 3 rings (SSSR count). The molecule has 1 N–H and O–H groups in total. The zero-order valence-corrected chi connectivity index (χ0v) is 15.3. The van der Waals surface area contributed by atoms with Gasteiger partial charge in [0, 0.05) is 5.56 Å². The first-order chi connectivity index (χ1) is 12.5. The van der Waals surface area contributed by atoms with Crippen molar-refractivity contribution in [3.63, 3.8) is 0 Å². The third-order valence-corrected chi connectivity index (χ3v) is 4.97. The summed E-state index contributed by atoms with van der Waals surface area (Å²) in [5.41, 5.74) is 1.24. The van der Waals surface area contributed by atoms with E-state index in [-0.39, 0.29) is 11.4 Å². The van der Waals surface area contributed by atoms with Crippen molar-refractivity contribution in [2.45, 2.75) is 0 Å². The highest BCUT2D eigenvalue weighted by Crippen LogP contribution is 2.30. The van der Waals surface area contributed by atoms with E-state index >= 15 is 0 Å². The number of para-hydroxylation sites is 1. The third-order valence-electron chi connectivity index (χ3n) is 3.93. The van der Waals surface area contributed by atoms with Crippen molar-refractivity contribution in [3.8, 4) is 6.07 Å². The van der Waals surface area contributed by atoms with E-state index < -0.39 is 5.82 Å². The van der Waals surface area contributed by atoms with Gasteiger partial charge in [-0.3, -0.25) is 9.69 Å². The van der Waals surface area contributed by atoms with Gasteiger partial charge >= 0.3 is 0 Å². The van der Waals surface area contributed by atoms with Crippen LogP contribution in [0.2, 0.25) is 0 Å². The molecule has 0 spiro atoms. The maximum Gasteiger partial charge on any atom is 0.260 e. The van der Waals surface area contributed by atoms with Crippen LogP contribution in [0, 0.1) is 17.1 Å². The van der Waals surface area contributed by atoms with Gasteiger partial charge in [-0.2, -0.15) is 5.26 Å². The molecule has 7 heteroatoms. The van der Waals surface area contributed by atoms with Crippen molar-refractivity contribution < 1.29 is 14.1 Å². The number of amides is 1. The minimum Gasteiger partial charge on any atom is -0.338 e. The number of hydrogen-bond donors (Lipinski definition) is 1. The molecule has 0 aliphatic heterocycles. The largest absolute Gasteiger partial charge is 0.338 e. The van der Waals surface area contributed by atoms with Crippen LogP contribution < -0.4 is 9.80 Å². The number of hydrogen-bond acceptors (Lipinski definition) is 4. The van der Waals surface area contributed by atoms with Crippen LogP contribution in [0.25, 0.3) is 10.2 Å². The first-order valence-corrected chi connectivity index (χ1v) is 8.97. The Bertz CT molecular complexity index is 975. The van der Waals surface area contributed by atoms with Crippen molar-refractivity contribution in [1.82, 2.24) is 4.98 Å². The minimum absolute atomic E-state index is 0.213. The number of rotatable bonds is 5. The van der Waals surface area contributed by atoms with Crippen LogP contribution >= 0.6 is 11.3 Å². The second-order valence-corrected chi connectivity index (χ2v) is 7.20. The van der Waals surface area contributed by atoms with Crippen LogP contribution in [0.3, 0.4) is 0 Å². The number of aromatic nitrogens is 1. The maximum absolute atomic E-state index is 14.0. The number of halogens is 1. The smallest absolute Gasteiger partial charge is 0.260 e. The molecule has 1 heterocycles. The summed E-state index contributed by atoms with van der Waals surface area (Å²) in [6.07, 6.45) is 0. The number of carbonyl (C=O) groups excluding carboxylic acids is 1. The Labute approximate surface area is 154 Å². The van der Waals surface area contributed by atoms with E-state index in [1.807, 2.05) is 20.2 Å². The number of carbonyl (C=O) groups is 1. The van der Waals surface area contributed by atoms with E-state index in [1.54, 1.807) is 41.3 Å². The molecule has 0 aliphatic rings. The fourth-order valence-electron chi connectivity index (χ4n) is 2.48. The number of likely N-dealkylation sites (N-methyl/N-ethyl adjacent to an activating group) is 1. The van der Waals surface area contributed by atoms with Gasteiger partial charge in [0.1, 0.15) is 11.3 Å². The van der Waals surface area contributed by atoms with Crippen LogP contribution in [0.5, 0.6) is 0 Å². The summed E-state index contributed by atoms with van der Waals surface area (Å²) >= 11 is 1.29. The quantitative estimate of drug-likeness (QED) is 0.749. The molecule has 0 saturated heterocycles. The fourth-order valence-corrected chi connectivity index (χ4v) is 3.49. The summed E-state index contributed by atoms with van der Waals surface area (Å²) in [7, 11) is 4.00. The summed E-state index contributed by atoms with van der Waals surface area (Å²) in [6.45, 7) is 1.18. The molecular weight excluding hydrogens is 351 g/mol. The van der Waals surface area contributed by atoms with Crippen LogP contribution in [-0.2, 0) is 0 Å². The molecule has 0 saturated carbocycles. The zero-order valence-electron chi connectivity index (χ0n) is 14.5. The van der Waals surface area contributed by atoms with E-state index in [1.165, 1.54) is 22.3 Å². The maximum atomic E-state index is 14.0. The van der Waals surface area contributed by atoms with Crippen LogP contribution in [-0.4, -0.2) is 38.1 Å². The van der Waals surface area contributed by atoms with Gasteiger partial charge in [0.15, 0.2) is 5.13 Å². The van der Waals surface area contributed by atoms with Gasteiger partial charge in [0.25, 0.3) is 5.91 Å². The van der Waals surface area contributed by atoms with Gasteiger partial charge in [-0.05, 0) is 36.4 Å². The number of nitrogens with zero attached hydrogens (tertiary/aromatic N) is 3. The van der Waals surface area contributed by atoms with Crippen molar-refractivity contribution in [2.24, 2.45) is 0 Å². The molecule has 1 amide bonds. The van der Waals surface area contributed by atoms with Crippen LogP contribution in [0.1, 0.15) is 15.9 Å². The minimum atomic E-state index is -0.394. The Morgan fingerprint density at radius 2 is 2.00 bits per heavy atom. The Morgan fingerprint density at radius 3 is 2.62 bits per heavy atom. The average molecular weight is 369 g/mol. The molecule has 0 radical (unpaired) electrons. The predicted octanol–water partition coefficient (Wildman–Crippen LogP) is 2.10. The monoisotopic (exact) mass is 369 g/mol. The molecule has 132 valence electrons. The second-order valence-electron chi connectivity index (χ2n) is 6.19. The lowest BCUT2D eigenvalue weighted by atomic mass is 10.1. The molecule has 0 atom stereocenters. The van der Waals surface area contributed by atoms with Gasteiger partial charge in [-0.15, -0.1) is 0 Å². The molecule has 5 nitrogen and oxygen atoms in total. The Hall–Kier alpha value is -2.82. The number of quaternary nitrogens is 1. The molecule has 2 aromatic carbocycles. The van der Waals surface area contributed by atoms with Crippen molar-refractivity contribution in [2.75, 3.05) is 32.1 Å². The number of anilines is 1. The Balaban J connectivity index is 1.98.